The first kappa shape index (κ1) is 24.5. The van der Waals surface area contributed by atoms with Gasteiger partial charge in [-0.2, -0.15) is 4.37 Å². The van der Waals surface area contributed by atoms with Gasteiger partial charge in [0.05, 0.1) is 0 Å². The van der Waals surface area contributed by atoms with Crippen LogP contribution >= 0.6 is 34.7 Å². The molecule has 6 nitrogen and oxygen atoms in total. The second-order valence-corrected chi connectivity index (χ2v) is 10.4. The highest BCUT2D eigenvalue weighted by Crippen LogP contribution is 2.36. The van der Waals surface area contributed by atoms with Crippen molar-refractivity contribution in [3.05, 3.63) is 74.2 Å². The van der Waals surface area contributed by atoms with Crippen molar-refractivity contribution < 1.29 is 14.7 Å². The van der Waals surface area contributed by atoms with Crippen LogP contribution < -0.4 is 10.2 Å². The highest BCUT2D eigenvalue weighted by atomic mass is 35.5. The lowest BCUT2D eigenvalue weighted by Crippen LogP contribution is -2.46. The monoisotopic (exact) mass is 517 g/mol. The number of aryl methyl sites for hydroxylation is 2. The highest BCUT2D eigenvalue weighted by Gasteiger charge is 2.37. The van der Waals surface area contributed by atoms with Crippen molar-refractivity contribution >= 4 is 52.2 Å². The summed E-state index contributed by atoms with van der Waals surface area (Å²) in [7, 11) is 0. The molecule has 1 aliphatic carbocycles. The summed E-state index contributed by atoms with van der Waals surface area (Å²) in [5, 5.41) is 13.0. The van der Waals surface area contributed by atoms with E-state index in [9.17, 15) is 14.7 Å². The van der Waals surface area contributed by atoms with Crippen LogP contribution in [0.1, 0.15) is 58.9 Å². The summed E-state index contributed by atoms with van der Waals surface area (Å²) in [6, 6.07) is 11.0. The van der Waals surface area contributed by atoms with Gasteiger partial charge in [-0.05, 0) is 79.2 Å². The zero-order chi connectivity index (χ0) is 24.4. The van der Waals surface area contributed by atoms with E-state index in [4.69, 9.17) is 23.2 Å². The van der Waals surface area contributed by atoms with Crippen molar-refractivity contribution in [1.29, 1.82) is 0 Å². The summed E-state index contributed by atoms with van der Waals surface area (Å²) >= 11 is 13.4. The minimum Gasteiger partial charge on any atom is -0.508 e. The van der Waals surface area contributed by atoms with Crippen LogP contribution in [0.5, 0.6) is 5.75 Å². The number of rotatable bonds is 6. The lowest BCUT2D eigenvalue weighted by Gasteiger charge is -2.32. The predicted molar refractivity (Wildman–Crippen MR) is 136 cm³/mol. The number of anilines is 1. The van der Waals surface area contributed by atoms with E-state index in [0.717, 1.165) is 48.3 Å². The molecule has 4 rings (SSSR count). The van der Waals surface area contributed by atoms with Crippen molar-refractivity contribution in [2.75, 3.05) is 4.90 Å². The zero-order valence-corrected chi connectivity index (χ0v) is 21.2. The van der Waals surface area contributed by atoms with Crippen LogP contribution in [0.3, 0.4) is 0 Å². The molecule has 34 heavy (non-hydrogen) atoms. The molecule has 1 aromatic heterocycles. The predicted octanol–water partition coefficient (Wildman–Crippen LogP) is 6.22. The quantitative estimate of drug-likeness (QED) is 0.406. The fourth-order valence-electron chi connectivity index (χ4n) is 4.40. The Hall–Kier alpha value is -2.61. The minimum absolute atomic E-state index is 0.00623. The van der Waals surface area contributed by atoms with Gasteiger partial charge in [0.25, 0.3) is 5.91 Å². The third kappa shape index (κ3) is 5.22. The molecule has 3 aromatic rings. The Labute approximate surface area is 212 Å². The van der Waals surface area contributed by atoms with Gasteiger partial charge < -0.3 is 10.4 Å². The van der Waals surface area contributed by atoms with Crippen molar-refractivity contribution in [2.45, 2.75) is 51.6 Å². The fourth-order valence-corrected chi connectivity index (χ4v) is 5.39. The first-order chi connectivity index (χ1) is 16.2. The molecule has 2 amide bonds. The largest absolute Gasteiger partial charge is 0.508 e. The maximum absolute atomic E-state index is 13.9. The lowest BCUT2D eigenvalue weighted by atomic mass is 10.0. The molecule has 0 radical (unpaired) electrons. The number of benzene rings is 2. The Kier molecular flexibility index (Phi) is 7.45. The third-order valence-corrected chi connectivity index (χ3v) is 7.53. The standard InChI is InChI=1S/C25H25Cl2N3O3S/c1-14-11-15(2)13-18(12-14)30(25(33)21-20(26)23(27)34-29-21)22(16-7-9-19(31)10-8-16)24(32)28-17-5-3-4-6-17/h7-13,17,22,31H,3-6H2,1-2H3,(H,28,32)/t22-/m0/s1. The van der Waals surface area contributed by atoms with Gasteiger partial charge >= 0.3 is 0 Å². The van der Waals surface area contributed by atoms with Crippen LogP contribution in [0.4, 0.5) is 5.69 Å². The van der Waals surface area contributed by atoms with Gasteiger partial charge in [0, 0.05) is 11.7 Å². The van der Waals surface area contributed by atoms with Gasteiger partial charge in [-0.1, -0.05) is 54.2 Å². The number of nitrogens with zero attached hydrogens (tertiary/aromatic N) is 2. The summed E-state index contributed by atoms with van der Waals surface area (Å²) in [6.07, 6.45) is 3.92. The van der Waals surface area contributed by atoms with Crippen molar-refractivity contribution in [1.82, 2.24) is 9.69 Å². The van der Waals surface area contributed by atoms with Crippen molar-refractivity contribution in [2.24, 2.45) is 0 Å². The number of hydrogen-bond acceptors (Lipinski definition) is 5. The number of halogens is 2. The van der Waals surface area contributed by atoms with E-state index in [1.165, 1.54) is 17.0 Å². The first-order valence-corrected chi connectivity index (χ1v) is 12.6. The lowest BCUT2D eigenvalue weighted by molar-refractivity contribution is -0.123. The van der Waals surface area contributed by atoms with Crippen LogP contribution in [0.2, 0.25) is 9.36 Å². The first-order valence-electron chi connectivity index (χ1n) is 11.1. The van der Waals surface area contributed by atoms with Gasteiger partial charge in [0.2, 0.25) is 5.91 Å². The van der Waals surface area contributed by atoms with Crippen LogP contribution in [0, 0.1) is 13.8 Å². The Morgan fingerprint density at radius 2 is 1.71 bits per heavy atom. The van der Waals surface area contributed by atoms with E-state index >= 15 is 0 Å². The summed E-state index contributed by atoms with van der Waals surface area (Å²) in [5.41, 5.74) is 2.97. The summed E-state index contributed by atoms with van der Waals surface area (Å²) in [4.78, 5) is 29.1. The molecular formula is C25H25Cl2N3O3S. The van der Waals surface area contributed by atoms with E-state index in [2.05, 4.69) is 9.69 Å². The van der Waals surface area contributed by atoms with E-state index in [-0.39, 0.29) is 32.8 Å². The molecule has 0 spiro atoms. The number of carbonyl (C=O) groups excluding carboxylic acids is 2. The molecule has 0 unspecified atom stereocenters. The van der Waals surface area contributed by atoms with Crippen molar-refractivity contribution in [3.63, 3.8) is 0 Å². The molecule has 2 N–H and O–H groups in total. The highest BCUT2D eigenvalue weighted by molar-refractivity contribution is 7.11. The van der Waals surface area contributed by atoms with Gasteiger partial charge in [0.1, 0.15) is 21.2 Å². The molecule has 0 saturated heterocycles. The van der Waals surface area contributed by atoms with Gasteiger partial charge in [-0.3, -0.25) is 14.5 Å². The van der Waals surface area contributed by atoms with Gasteiger partial charge in [-0.15, -0.1) is 0 Å². The van der Waals surface area contributed by atoms with E-state index < -0.39 is 11.9 Å². The topological polar surface area (TPSA) is 82.5 Å². The van der Waals surface area contributed by atoms with Gasteiger partial charge in [-0.25, -0.2) is 0 Å². The van der Waals surface area contributed by atoms with E-state index in [1.807, 2.05) is 32.0 Å². The molecular weight excluding hydrogens is 493 g/mol. The average molecular weight is 518 g/mol. The Morgan fingerprint density at radius 3 is 2.26 bits per heavy atom. The van der Waals surface area contributed by atoms with Gasteiger partial charge in [0.15, 0.2) is 5.69 Å². The molecule has 1 saturated carbocycles. The average Bonchev–Trinajstić information content (AvgIpc) is 3.41. The molecule has 0 bridgehead atoms. The normalized spacial score (nSPS) is 14.7. The molecule has 2 aromatic carbocycles. The number of phenolic OH excluding ortho intramolecular Hbond substituents is 1. The fraction of sp³-hybridized carbons (Fsp3) is 0.320. The summed E-state index contributed by atoms with van der Waals surface area (Å²) < 4.78 is 4.38. The molecule has 1 atom stereocenters. The molecule has 1 heterocycles. The summed E-state index contributed by atoms with van der Waals surface area (Å²) in [6.45, 7) is 3.86. The van der Waals surface area contributed by atoms with E-state index in [0.29, 0.717) is 11.3 Å². The molecule has 0 aliphatic heterocycles. The second kappa shape index (κ2) is 10.3. The van der Waals surface area contributed by atoms with Crippen molar-refractivity contribution in [3.8, 4) is 5.75 Å². The number of nitrogens with one attached hydrogen (secondary N) is 1. The molecule has 1 fully saturated rings. The number of aromatic hydroxyl groups is 1. The number of carbonyl (C=O) groups is 2. The number of hydrogen-bond donors (Lipinski definition) is 2. The maximum atomic E-state index is 13.9. The number of aromatic nitrogens is 1. The second-order valence-electron chi connectivity index (χ2n) is 8.62. The maximum Gasteiger partial charge on any atom is 0.280 e. The Balaban J connectivity index is 1.87. The minimum atomic E-state index is -1.01. The Morgan fingerprint density at radius 1 is 1.09 bits per heavy atom. The number of phenols is 1. The van der Waals surface area contributed by atoms with Crippen LogP contribution in [-0.2, 0) is 4.79 Å². The SMILES string of the molecule is Cc1cc(C)cc(N(C(=O)c2nsc(Cl)c2Cl)[C@H](C(=O)NC2CCCC2)c2ccc(O)cc2)c1. The van der Waals surface area contributed by atoms with E-state index in [1.54, 1.807) is 12.1 Å². The Bertz CT molecular complexity index is 1190. The van der Waals surface area contributed by atoms with Crippen LogP contribution in [0.25, 0.3) is 0 Å². The molecule has 9 heteroatoms. The smallest absolute Gasteiger partial charge is 0.280 e. The molecule has 178 valence electrons. The molecule has 1 aliphatic rings. The summed E-state index contributed by atoms with van der Waals surface area (Å²) in [5.74, 6) is -0.766. The third-order valence-electron chi connectivity index (χ3n) is 5.92. The zero-order valence-electron chi connectivity index (χ0n) is 18.8. The van der Waals surface area contributed by atoms with Crippen LogP contribution in [-0.4, -0.2) is 27.3 Å². The van der Waals surface area contributed by atoms with Crippen LogP contribution in [0.15, 0.2) is 42.5 Å². The number of amides is 2.